The van der Waals surface area contributed by atoms with Crippen LogP contribution < -0.4 is 9.62 Å². The van der Waals surface area contributed by atoms with Gasteiger partial charge in [0.15, 0.2) is 0 Å². The zero-order valence-corrected chi connectivity index (χ0v) is 13.4. The molecule has 0 bridgehead atoms. The fourth-order valence-corrected chi connectivity index (χ4v) is 2.68. The lowest BCUT2D eigenvalue weighted by molar-refractivity contribution is -0.137. The molecular weight excluding hydrogens is 337 g/mol. The fraction of sp³-hybridized carbons (Fsp3) is 0.462. The lowest BCUT2D eigenvalue weighted by Gasteiger charge is -2.23. The van der Waals surface area contributed by atoms with Crippen molar-refractivity contribution in [2.45, 2.75) is 13.1 Å². The number of ether oxygens (including phenoxy) is 1. The molecule has 6 nitrogen and oxygen atoms in total. The number of benzene rings is 1. The molecule has 1 aromatic rings. The second-order valence-electron chi connectivity index (χ2n) is 4.53. The summed E-state index contributed by atoms with van der Waals surface area (Å²) in [5, 5.41) is 2.31. The highest BCUT2D eigenvalue weighted by Crippen LogP contribution is 2.32. The third-order valence-electron chi connectivity index (χ3n) is 2.72. The maximum Gasteiger partial charge on any atom is 0.416 e. The second kappa shape index (κ2) is 7.53. The highest BCUT2D eigenvalue weighted by Gasteiger charge is 2.31. The van der Waals surface area contributed by atoms with Crippen LogP contribution in [-0.4, -0.2) is 40.5 Å². The van der Waals surface area contributed by atoms with Gasteiger partial charge in [-0.25, -0.2) is 13.2 Å². The van der Waals surface area contributed by atoms with Crippen LogP contribution >= 0.6 is 0 Å². The molecule has 0 saturated heterocycles. The third kappa shape index (κ3) is 5.97. The Balaban J connectivity index is 2.94. The van der Waals surface area contributed by atoms with Crippen LogP contribution in [0, 0.1) is 0 Å². The Morgan fingerprint density at radius 2 is 2.00 bits per heavy atom. The zero-order chi connectivity index (χ0) is 17.7. The Morgan fingerprint density at radius 1 is 1.35 bits per heavy atom. The van der Waals surface area contributed by atoms with Gasteiger partial charge in [-0.2, -0.15) is 13.2 Å². The number of alkyl carbamates (subject to hydrolysis) is 1. The van der Waals surface area contributed by atoms with E-state index in [0.29, 0.717) is 0 Å². The molecule has 10 heteroatoms. The largest absolute Gasteiger partial charge is 0.450 e. The summed E-state index contributed by atoms with van der Waals surface area (Å²) in [5.74, 6) is 0. The number of hydrogen-bond acceptors (Lipinski definition) is 4. The molecule has 0 aliphatic rings. The minimum Gasteiger partial charge on any atom is -0.450 e. The number of nitrogens with zero attached hydrogens (tertiary/aromatic N) is 1. The number of sulfonamides is 1. The number of carbonyl (C=O) groups is 1. The molecule has 0 unspecified atom stereocenters. The van der Waals surface area contributed by atoms with E-state index < -0.39 is 27.9 Å². The van der Waals surface area contributed by atoms with E-state index in [1.165, 1.54) is 6.07 Å². The van der Waals surface area contributed by atoms with Crippen LogP contribution in [-0.2, 0) is 20.9 Å². The van der Waals surface area contributed by atoms with E-state index in [4.69, 9.17) is 0 Å². The number of carbonyl (C=O) groups excluding carboxylic acids is 1. The average Bonchev–Trinajstić information content (AvgIpc) is 2.42. The van der Waals surface area contributed by atoms with Gasteiger partial charge >= 0.3 is 12.3 Å². The van der Waals surface area contributed by atoms with Crippen LogP contribution in [0.15, 0.2) is 24.3 Å². The summed E-state index contributed by atoms with van der Waals surface area (Å²) in [6.45, 7) is 1.42. The van der Waals surface area contributed by atoms with E-state index in [0.717, 1.165) is 28.8 Å². The lowest BCUT2D eigenvalue weighted by atomic mass is 10.2. The first-order chi connectivity index (χ1) is 10.6. The lowest BCUT2D eigenvalue weighted by Crippen LogP contribution is -2.38. The van der Waals surface area contributed by atoms with Crippen LogP contribution in [0.5, 0.6) is 0 Å². The van der Waals surface area contributed by atoms with Crippen LogP contribution in [0.4, 0.5) is 23.7 Å². The first-order valence-corrected chi connectivity index (χ1v) is 8.46. The zero-order valence-electron chi connectivity index (χ0n) is 12.6. The number of alkyl halides is 3. The molecule has 1 rings (SSSR count). The van der Waals surface area contributed by atoms with Gasteiger partial charge in [-0.15, -0.1) is 0 Å². The molecule has 0 aromatic heterocycles. The fourth-order valence-electron chi connectivity index (χ4n) is 1.77. The summed E-state index contributed by atoms with van der Waals surface area (Å²) in [5.41, 5.74) is -1.09. The minimum absolute atomic E-state index is 0.109. The van der Waals surface area contributed by atoms with Gasteiger partial charge in [0.1, 0.15) is 0 Å². The standard InChI is InChI=1S/C13H17F3N2O4S/c1-3-22-12(19)17-7-8-18(23(2,20)21)11-6-4-5-10(9-11)13(14,15)16/h4-6,9H,3,7-8H2,1-2H3,(H,17,19). The van der Waals surface area contributed by atoms with Crippen molar-refractivity contribution in [2.75, 3.05) is 30.3 Å². The normalized spacial score (nSPS) is 11.9. The van der Waals surface area contributed by atoms with Gasteiger partial charge in [0.25, 0.3) is 0 Å². The average molecular weight is 354 g/mol. The number of nitrogens with one attached hydrogen (secondary N) is 1. The molecule has 1 N–H and O–H groups in total. The molecule has 1 amide bonds. The molecule has 0 heterocycles. The monoisotopic (exact) mass is 354 g/mol. The number of amides is 1. The first kappa shape index (κ1) is 19.1. The second-order valence-corrected chi connectivity index (χ2v) is 6.44. The van der Waals surface area contributed by atoms with Gasteiger partial charge in [0, 0.05) is 6.54 Å². The summed E-state index contributed by atoms with van der Waals surface area (Å²) in [6, 6.07) is 3.96. The SMILES string of the molecule is CCOC(=O)NCCN(c1cccc(C(F)(F)F)c1)S(C)(=O)=O. The Labute approximate surface area is 132 Å². The highest BCUT2D eigenvalue weighted by molar-refractivity contribution is 7.92. The Bertz CT molecular complexity index is 647. The summed E-state index contributed by atoms with van der Waals surface area (Å²) >= 11 is 0. The molecule has 130 valence electrons. The summed E-state index contributed by atoms with van der Waals surface area (Å²) in [7, 11) is -3.82. The van der Waals surface area contributed by atoms with Gasteiger partial charge in [0.05, 0.1) is 30.7 Å². The number of anilines is 1. The van der Waals surface area contributed by atoms with Gasteiger partial charge in [0.2, 0.25) is 10.0 Å². The topological polar surface area (TPSA) is 75.7 Å². The Kier molecular flexibility index (Phi) is 6.25. The van der Waals surface area contributed by atoms with Crippen LogP contribution in [0.25, 0.3) is 0 Å². The van der Waals surface area contributed by atoms with Crippen molar-refractivity contribution in [3.05, 3.63) is 29.8 Å². The van der Waals surface area contributed by atoms with E-state index in [2.05, 4.69) is 10.1 Å². The van der Waals surface area contributed by atoms with Crippen molar-refractivity contribution in [1.82, 2.24) is 5.32 Å². The molecule has 0 aliphatic carbocycles. The van der Waals surface area contributed by atoms with Crippen molar-refractivity contribution < 1.29 is 31.1 Å². The smallest absolute Gasteiger partial charge is 0.416 e. The van der Waals surface area contributed by atoms with Crippen molar-refractivity contribution in [3.8, 4) is 0 Å². The molecular formula is C13H17F3N2O4S. The first-order valence-electron chi connectivity index (χ1n) is 6.61. The number of halogens is 3. The van der Waals surface area contributed by atoms with Crippen LogP contribution in [0.1, 0.15) is 12.5 Å². The van der Waals surface area contributed by atoms with Gasteiger partial charge in [-0.3, -0.25) is 4.31 Å². The van der Waals surface area contributed by atoms with E-state index in [9.17, 15) is 26.4 Å². The van der Waals surface area contributed by atoms with E-state index in [-0.39, 0.29) is 25.4 Å². The molecule has 23 heavy (non-hydrogen) atoms. The maximum atomic E-state index is 12.7. The maximum absolute atomic E-state index is 12.7. The quantitative estimate of drug-likeness (QED) is 0.850. The summed E-state index contributed by atoms with van der Waals surface area (Å²) in [6.07, 6.45) is -4.44. The van der Waals surface area contributed by atoms with Crippen LogP contribution in [0.3, 0.4) is 0 Å². The molecule has 0 aliphatic heterocycles. The molecule has 0 atom stereocenters. The van der Waals surface area contributed by atoms with Gasteiger partial charge < -0.3 is 10.1 Å². The molecule has 0 radical (unpaired) electrons. The molecule has 0 saturated carbocycles. The van der Waals surface area contributed by atoms with Crippen molar-refractivity contribution in [1.29, 1.82) is 0 Å². The van der Waals surface area contributed by atoms with Crippen molar-refractivity contribution in [2.24, 2.45) is 0 Å². The summed E-state index contributed by atoms with van der Waals surface area (Å²) in [4.78, 5) is 11.1. The van der Waals surface area contributed by atoms with E-state index >= 15 is 0 Å². The number of hydrogen-bond donors (Lipinski definition) is 1. The van der Waals surface area contributed by atoms with Crippen molar-refractivity contribution in [3.63, 3.8) is 0 Å². The number of rotatable bonds is 6. The van der Waals surface area contributed by atoms with Gasteiger partial charge in [-0.05, 0) is 25.1 Å². The molecule has 1 aromatic carbocycles. The highest BCUT2D eigenvalue weighted by atomic mass is 32.2. The van der Waals surface area contributed by atoms with Crippen LogP contribution in [0.2, 0.25) is 0 Å². The predicted octanol–water partition coefficient (Wildman–Crippen LogP) is 2.22. The Hall–Kier alpha value is -1.97. The summed E-state index contributed by atoms with van der Waals surface area (Å²) < 4.78 is 67.2. The van der Waals surface area contributed by atoms with Crippen molar-refractivity contribution >= 4 is 21.8 Å². The third-order valence-corrected chi connectivity index (χ3v) is 3.92. The molecule has 0 fully saturated rings. The molecule has 0 spiro atoms. The minimum atomic E-state index is -4.58. The predicted molar refractivity (Wildman–Crippen MR) is 78.7 cm³/mol. The van der Waals surface area contributed by atoms with Gasteiger partial charge in [-0.1, -0.05) is 6.07 Å². The van der Waals surface area contributed by atoms with E-state index in [1.54, 1.807) is 6.92 Å². The van der Waals surface area contributed by atoms with E-state index in [1.807, 2.05) is 0 Å². The Morgan fingerprint density at radius 3 is 2.52 bits per heavy atom.